The van der Waals surface area contributed by atoms with Crippen LogP contribution < -0.4 is 19.1 Å². The molecule has 41 heavy (non-hydrogen) atoms. The number of benzene rings is 1. The second kappa shape index (κ2) is 13.5. The van der Waals surface area contributed by atoms with Gasteiger partial charge in [0.25, 0.3) is 0 Å². The van der Waals surface area contributed by atoms with Crippen molar-refractivity contribution < 1.29 is 33.3 Å². The lowest BCUT2D eigenvalue weighted by Crippen LogP contribution is -2.32. The first-order chi connectivity index (χ1) is 20.0. The summed E-state index contributed by atoms with van der Waals surface area (Å²) in [5.41, 5.74) is 3.43. The van der Waals surface area contributed by atoms with Crippen LogP contribution in [0.1, 0.15) is 31.7 Å². The van der Waals surface area contributed by atoms with Crippen molar-refractivity contribution in [2.75, 3.05) is 58.0 Å². The van der Waals surface area contributed by atoms with Crippen molar-refractivity contribution in [2.24, 2.45) is 0 Å². The standard InChI is InChI=1S/C30H36N4O7/c1-3-38-28(35)5-4-14-33(15-11-21-10-13-31-24-7-9-27(37-2)32-29(21)24)16-12-23-20-34(30(36)41-23)22-6-8-25-26(19-22)40-18-17-39-25/h6-10,13,19,23H,3-5,11-12,14-18,20H2,1-2H3/t23-/m1/s1. The average molecular weight is 565 g/mol. The van der Waals surface area contributed by atoms with Gasteiger partial charge in [0.2, 0.25) is 5.88 Å². The first kappa shape index (κ1) is 28.4. The molecule has 2 aromatic heterocycles. The van der Waals surface area contributed by atoms with Crippen molar-refractivity contribution >= 4 is 28.8 Å². The largest absolute Gasteiger partial charge is 0.486 e. The molecule has 1 fully saturated rings. The van der Waals surface area contributed by atoms with Crippen LogP contribution in [-0.4, -0.2) is 86.1 Å². The van der Waals surface area contributed by atoms with E-state index in [9.17, 15) is 9.59 Å². The number of rotatable bonds is 13. The van der Waals surface area contributed by atoms with E-state index in [0.717, 1.165) is 35.2 Å². The van der Waals surface area contributed by atoms with E-state index >= 15 is 0 Å². The van der Waals surface area contributed by atoms with Crippen LogP contribution in [0.4, 0.5) is 10.5 Å². The molecule has 0 spiro atoms. The van der Waals surface area contributed by atoms with Crippen LogP contribution in [0.15, 0.2) is 42.6 Å². The highest BCUT2D eigenvalue weighted by Crippen LogP contribution is 2.35. The van der Waals surface area contributed by atoms with Crippen LogP contribution in [-0.2, 0) is 20.7 Å². The highest BCUT2D eigenvalue weighted by Gasteiger charge is 2.33. The van der Waals surface area contributed by atoms with E-state index in [-0.39, 0.29) is 18.2 Å². The number of anilines is 1. The molecule has 11 heteroatoms. The molecule has 1 saturated heterocycles. The Morgan fingerprint density at radius 2 is 1.95 bits per heavy atom. The topological polar surface area (TPSA) is 113 Å². The van der Waals surface area contributed by atoms with E-state index in [0.29, 0.717) is 76.1 Å². The number of carbonyl (C=O) groups excluding carboxylic acids is 2. The van der Waals surface area contributed by atoms with Gasteiger partial charge in [0, 0.05) is 37.8 Å². The van der Waals surface area contributed by atoms with E-state index in [1.165, 1.54) is 0 Å². The predicted octanol–water partition coefficient (Wildman–Crippen LogP) is 4.01. The second-order valence-electron chi connectivity index (χ2n) is 9.92. The van der Waals surface area contributed by atoms with E-state index in [2.05, 4.69) is 14.9 Å². The molecule has 11 nitrogen and oxygen atoms in total. The van der Waals surface area contributed by atoms with Gasteiger partial charge in [0.1, 0.15) is 19.3 Å². The maximum atomic E-state index is 12.7. The van der Waals surface area contributed by atoms with Crippen LogP contribution in [0.5, 0.6) is 17.4 Å². The number of amides is 1. The molecule has 4 heterocycles. The number of fused-ring (bicyclic) bond motifs is 2. The number of methoxy groups -OCH3 is 1. The third kappa shape index (κ3) is 7.15. The maximum absolute atomic E-state index is 12.7. The number of nitrogens with zero attached hydrogens (tertiary/aromatic N) is 4. The van der Waals surface area contributed by atoms with Crippen molar-refractivity contribution in [2.45, 2.75) is 38.7 Å². The third-order valence-electron chi connectivity index (χ3n) is 7.19. The number of aromatic nitrogens is 2. The fourth-order valence-electron chi connectivity index (χ4n) is 5.08. The molecule has 0 N–H and O–H groups in total. The molecular weight excluding hydrogens is 528 g/mol. The number of hydrogen-bond acceptors (Lipinski definition) is 10. The SMILES string of the molecule is CCOC(=O)CCCN(CCc1ccnc2ccc(OC)nc12)CC[C@@H]1CN(c2ccc3c(c2)OCCO3)C(=O)O1. The number of esters is 1. The van der Waals surface area contributed by atoms with Crippen molar-refractivity contribution in [3.05, 3.63) is 48.2 Å². The number of carbonyl (C=O) groups is 2. The highest BCUT2D eigenvalue weighted by atomic mass is 16.6. The van der Waals surface area contributed by atoms with Crippen molar-refractivity contribution in [3.8, 4) is 17.4 Å². The molecule has 1 amide bonds. The summed E-state index contributed by atoms with van der Waals surface area (Å²) in [5, 5.41) is 0. The van der Waals surface area contributed by atoms with Gasteiger partial charge in [-0.25, -0.2) is 9.78 Å². The van der Waals surface area contributed by atoms with Crippen LogP contribution in [0.2, 0.25) is 0 Å². The quantitative estimate of drug-likeness (QED) is 0.282. The van der Waals surface area contributed by atoms with Gasteiger partial charge in [-0.2, -0.15) is 0 Å². The molecule has 0 unspecified atom stereocenters. The smallest absolute Gasteiger partial charge is 0.414 e. The second-order valence-corrected chi connectivity index (χ2v) is 9.92. The Bertz CT molecular complexity index is 1370. The van der Waals surface area contributed by atoms with E-state index in [4.69, 9.17) is 23.7 Å². The minimum Gasteiger partial charge on any atom is -0.486 e. The minimum atomic E-state index is -0.371. The van der Waals surface area contributed by atoms with Gasteiger partial charge in [-0.3, -0.25) is 14.7 Å². The first-order valence-electron chi connectivity index (χ1n) is 14.1. The number of hydrogen-bond donors (Lipinski definition) is 0. The molecule has 1 aromatic carbocycles. The van der Waals surface area contributed by atoms with Crippen molar-refractivity contribution in [3.63, 3.8) is 0 Å². The summed E-state index contributed by atoms with van der Waals surface area (Å²) < 4.78 is 27.4. The minimum absolute atomic E-state index is 0.191. The van der Waals surface area contributed by atoms with Crippen LogP contribution in [0, 0.1) is 0 Å². The zero-order chi connectivity index (χ0) is 28.6. The van der Waals surface area contributed by atoms with Crippen molar-refractivity contribution in [1.29, 1.82) is 0 Å². The summed E-state index contributed by atoms with van der Waals surface area (Å²) in [7, 11) is 1.60. The molecule has 0 radical (unpaired) electrons. The first-order valence-corrected chi connectivity index (χ1v) is 14.1. The van der Waals surface area contributed by atoms with Crippen LogP contribution in [0.25, 0.3) is 11.0 Å². The molecule has 2 aliphatic heterocycles. The molecule has 0 bridgehead atoms. The molecule has 3 aromatic rings. The van der Waals surface area contributed by atoms with E-state index in [1.807, 2.05) is 37.3 Å². The summed E-state index contributed by atoms with van der Waals surface area (Å²) >= 11 is 0. The average Bonchev–Trinajstić information content (AvgIpc) is 3.37. The van der Waals surface area contributed by atoms with Crippen molar-refractivity contribution in [1.82, 2.24) is 14.9 Å². The summed E-state index contributed by atoms with van der Waals surface area (Å²) in [6.07, 6.45) is 3.61. The maximum Gasteiger partial charge on any atom is 0.414 e. The van der Waals surface area contributed by atoms with Gasteiger partial charge >= 0.3 is 12.1 Å². The predicted molar refractivity (Wildman–Crippen MR) is 152 cm³/mol. The van der Waals surface area contributed by atoms with Gasteiger partial charge in [-0.1, -0.05) is 0 Å². The van der Waals surface area contributed by atoms with Crippen LogP contribution >= 0.6 is 0 Å². The lowest BCUT2D eigenvalue weighted by molar-refractivity contribution is -0.143. The molecule has 2 aliphatic rings. The van der Waals surface area contributed by atoms with E-state index in [1.54, 1.807) is 24.3 Å². The molecule has 1 atom stereocenters. The van der Waals surface area contributed by atoms with Gasteiger partial charge in [-0.15, -0.1) is 0 Å². The number of pyridine rings is 2. The monoisotopic (exact) mass is 564 g/mol. The molecule has 0 saturated carbocycles. The Labute approximate surface area is 239 Å². The lowest BCUT2D eigenvalue weighted by atomic mass is 10.1. The van der Waals surface area contributed by atoms with Gasteiger partial charge < -0.3 is 28.6 Å². The molecular formula is C30H36N4O7. The normalized spacial score (nSPS) is 16.2. The number of cyclic esters (lactones) is 1. The number of ether oxygens (including phenoxy) is 5. The fourth-order valence-corrected chi connectivity index (χ4v) is 5.08. The molecule has 218 valence electrons. The fraction of sp³-hybridized carbons (Fsp3) is 0.467. The van der Waals surface area contributed by atoms with Crippen LogP contribution in [0.3, 0.4) is 0 Å². The Balaban J connectivity index is 1.22. The summed E-state index contributed by atoms with van der Waals surface area (Å²) in [4.78, 5) is 37.6. The van der Waals surface area contributed by atoms with Gasteiger partial charge in [0.05, 0.1) is 37.0 Å². The Morgan fingerprint density at radius 1 is 1.10 bits per heavy atom. The summed E-state index contributed by atoms with van der Waals surface area (Å²) in [5.74, 6) is 1.67. The Kier molecular flexibility index (Phi) is 9.35. The zero-order valence-electron chi connectivity index (χ0n) is 23.5. The van der Waals surface area contributed by atoms with E-state index < -0.39 is 0 Å². The molecule has 5 rings (SSSR count). The Hall–Kier alpha value is -4.12. The van der Waals surface area contributed by atoms with Gasteiger partial charge in [0.15, 0.2) is 11.5 Å². The molecule has 0 aliphatic carbocycles. The van der Waals surface area contributed by atoms with Gasteiger partial charge in [-0.05, 0) is 62.6 Å². The summed E-state index contributed by atoms with van der Waals surface area (Å²) in [6.45, 7) is 5.79. The Morgan fingerprint density at radius 3 is 2.78 bits per heavy atom. The third-order valence-corrected chi connectivity index (χ3v) is 7.19. The lowest BCUT2D eigenvalue weighted by Gasteiger charge is -2.23. The highest BCUT2D eigenvalue weighted by molar-refractivity contribution is 5.90. The zero-order valence-corrected chi connectivity index (χ0v) is 23.5. The summed E-state index contributed by atoms with van der Waals surface area (Å²) in [6, 6.07) is 11.2.